The average Bonchev–Trinajstić information content (AvgIpc) is 2.56. The van der Waals surface area contributed by atoms with Crippen molar-refractivity contribution in [1.82, 2.24) is 15.1 Å². The standard InChI is InChI=1S/C10H15N3O/c1-7(2)13-10(6-14)8-3-4-11-5-9(8)12-13/h6-7,11H,3-5H2,1-2H3. The highest BCUT2D eigenvalue weighted by Crippen LogP contribution is 2.19. The van der Waals surface area contributed by atoms with Gasteiger partial charge in [-0.2, -0.15) is 5.10 Å². The Morgan fingerprint density at radius 3 is 3.00 bits per heavy atom. The van der Waals surface area contributed by atoms with Gasteiger partial charge in [-0.05, 0) is 26.8 Å². The van der Waals surface area contributed by atoms with E-state index in [0.29, 0.717) is 0 Å². The van der Waals surface area contributed by atoms with Crippen molar-refractivity contribution < 1.29 is 4.79 Å². The van der Waals surface area contributed by atoms with Gasteiger partial charge in [0.1, 0.15) is 5.69 Å². The molecule has 0 bridgehead atoms. The third-order valence-corrected chi connectivity index (χ3v) is 2.58. The Morgan fingerprint density at radius 2 is 2.36 bits per heavy atom. The molecule has 4 nitrogen and oxygen atoms in total. The Kier molecular flexibility index (Phi) is 2.37. The molecule has 1 aromatic rings. The van der Waals surface area contributed by atoms with Gasteiger partial charge < -0.3 is 5.32 Å². The van der Waals surface area contributed by atoms with Gasteiger partial charge in [-0.25, -0.2) is 0 Å². The van der Waals surface area contributed by atoms with Crippen LogP contribution in [0.4, 0.5) is 0 Å². The van der Waals surface area contributed by atoms with Crippen molar-refractivity contribution >= 4 is 6.29 Å². The molecular weight excluding hydrogens is 178 g/mol. The van der Waals surface area contributed by atoms with Gasteiger partial charge in [-0.3, -0.25) is 9.48 Å². The number of hydrogen-bond donors (Lipinski definition) is 1. The van der Waals surface area contributed by atoms with Gasteiger partial charge in [0.2, 0.25) is 0 Å². The van der Waals surface area contributed by atoms with Gasteiger partial charge in [0.05, 0.1) is 5.69 Å². The first-order valence-corrected chi connectivity index (χ1v) is 5.00. The zero-order chi connectivity index (χ0) is 10.1. The summed E-state index contributed by atoms with van der Waals surface area (Å²) in [5.74, 6) is 0. The molecule has 0 aromatic carbocycles. The van der Waals surface area contributed by atoms with Crippen molar-refractivity contribution in [3.05, 3.63) is 17.0 Å². The van der Waals surface area contributed by atoms with Crippen LogP contribution >= 0.6 is 0 Å². The van der Waals surface area contributed by atoms with E-state index in [-0.39, 0.29) is 6.04 Å². The maximum atomic E-state index is 11.0. The summed E-state index contributed by atoms with van der Waals surface area (Å²) in [6, 6.07) is 0.251. The molecule has 2 heterocycles. The van der Waals surface area contributed by atoms with E-state index in [1.165, 1.54) is 0 Å². The lowest BCUT2D eigenvalue weighted by Crippen LogP contribution is -2.23. The van der Waals surface area contributed by atoms with Gasteiger partial charge >= 0.3 is 0 Å². The van der Waals surface area contributed by atoms with E-state index < -0.39 is 0 Å². The van der Waals surface area contributed by atoms with Crippen molar-refractivity contribution in [3.8, 4) is 0 Å². The van der Waals surface area contributed by atoms with Crippen molar-refractivity contribution in [3.63, 3.8) is 0 Å². The number of hydrogen-bond acceptors (Lipinski definition) is 3. The van der Waals surface area contributed by atoms with E-state index in [1.807, 2.05) is 18.5 Å². The molecule has 1 aliphatic rings. The molecule has 1 N–H and O–H groups in total. The molecule has 0 radical (unpaired) electrons. The minimum absolute atomic E-state index is 0.251. The van der Waals surface area contributed by atoms with Crippen LogP contribution in [-0.4, -0.2) is 22.6 Å². The summed E-state index contributed by atoms with van der Waals surface area (Å²) in [7, 11) is 0. The molecule has 4 heteroatoms. The fraction of sp³-hybridized carbons (Fsp3) is 0.600. The van der Waals surface area contributed by atoms with Gasteiger partial charge in [-0.1, -0.05) is 0 Å². The average molecular weight is 193 g/mol. The number of rotatable bonds is 2. The van der Waals surface area contributed by atoms with Crippen LogP contribution in [0.3, 0.4) is 0 Å². The Balaban J connectivity index is 2.51. The minimum atomic E-state index is 0.251. The third kappa shape index (κ3) is 1.35. The van der Waals surface area contributed by atoms with Crippen LogP contribution in [0.2, 0.25) is 0 Å². The van der Waals surface area contributed by atoms with Crippen molar-refractivity contribution in [2.75, 3.05) is 6.54 Å². The summed E-state index contributed by atoms with van der Waals surface area (Å²) in [6.07, 6.45) is 1.84. The largest absolute Gasteiger partial charge is 0.311 e. The van der Waals surface area contributed by atoms with E-state index in [9.17, 15) is 4.79 Å². The summed E-state index contributed by atoms with van der Waals surface area (Å²) in [4.78, 5) is 11.0. The lowest BCUT2D eigenvalue weighted by Gasteiger charge is -2.10. The number of aldehydes is 1. The highest BCUT2D eigenvalue weighted by Gasteiger charge is 2.20. The van der Waals surface area contributed by atoms with Crippen LogP contribution in [0.15, 0.2) is 0 Å². The Labute approximate surface area is 83.3 Å². The normalized spacial score (nSPS) is 15.6. The van der Waals surface area contributed by atoms with E-state index in [2.05, 4.69) is 10.4 Å². The summed E-state index contributed by atoms with van der Waals surface area (Å²) in [5, 5.41) is 7.70. The quantitative estimate of drug-likeness (QED) is 0.710. The molecule has 0 saturated heterocycles. The Hall–Kier alpha value is -1.16. The number of nitrogens with one attached hydrogen (secondary N) is 1. The van der Waals surface area contributed by atoms with Gasteiger partial charge in [0.25, 0.3) is 0 Å². The first kappa shape index (κ1) is 9.40. The van der Waals surface area contributed by atoms with Crippen LogP contribution in [0.25, 0.3) is 0 Å². The van der Waals surface area contributed by atoms with Crippen molar-refractivity contribution in [2.24, 2.45) is 0 Å². The predicted molar refractivity (Wildman–Crippen MR) is 53.4 cm³/mol. The molecular formula is C10H15N3O. The maximum Gasteiger partial charge on any atom is 0.168 e. The zero-order valence-electron chi connectivity index (χ0n) is 8.58. The lowest BCUT2D eigenvalue weighted by molar-refractivity contribution is 0.111. The topological polar surface area (TPSA) is 46.9 Å². The molecule has 0 saturated carbocycles. The second-order valence-electron chi connectivity index (χ2n) is 3.89. The molecule has 76 valence electrons. The monoisotopic (exact) mass is 193 g/mol. The van der Waals surface area contributed by atoms with Gasteiger partial charge in [0.15, 0.2) is 6.29 Å². The fourth-order valence-electron chi connectivity index (χ4n) is 1.88. The molecule has 0 spiro atoms. The molecule has 1 aromatic heterocycles. The summed E-state index contributed by atoms with van der Waals surface area (Å²) in [6.45, 7) is 5.81. The molecule has 2 rings (SSSR count). The SMILES string of the molecule is CC(C)n1nc2c(c1C=O)CCNC2. The van der Waals surface area contributed by atoms with E-state index in [0.717, 1.165) is 42.7 Å². The Morgan fingerprint density at radius 1 is 1.57 bits per heavy atom. The third-order valence-electron chi connectivity index (χ3n) is 2.58. The minimum Gasteiger partial charge on any atom is -0.311 e. The fourth-order valence-corrected chi connectivity index (χ4v) is 1.88. The summed E-state index contributed by atoms with van der Waals surface area (Å²) in [5.41, 5.74) is 2.93. The molecule has 0 fully saturated rings. The number of carbonyl (C=O) groups is 1. The van der Waals surface area contributed by atoms with Crippen LogP contribution < -0.4 is 5.32 Å². The smallest absolute Gasteiger partial charge is 0.168 e. The highest BCUT2D eigenvalue weighted by molar-refractivity contribution is 5.75. The summed E-state index contributed by atoms with van der Waals surface area (Å²) >= 11 is 0. The first-order valence-electron chi connectivity index (χ1n) is 5.00. The second kappa shape index (κ2) is 3.53. The Bertz CT molecular complexity index is 354. The van der Waals surface area contributed by atoms with Crippen LogP contribution in [0.1, 0.15) is 41.6 Å². The number of fused-ring (bicyclic) bond motifs is 1. The molecule has 14 heavy (non-hydrogen) atoms. The van der Waals surface area contributed by atoms with Crippen molar-refractivity contribution in [1.29, 1.82) is 0 Å². The van der Waals surface area contributed by atoms with Crippen LogP contribution in [0, 0.1) is 0 Å². The number of nitrogens with zero attached hydrogens (tertiary/aromatic N) is 2. The second-order valence-corrected chi connectivity index (χ2v) is 3.89. The molecule has 0 amide bonds. The van der Waals surface area contributed by atoms with Crippen molar-refractivity contribution in [2.45, 2.75) is 32.9 Å². The van der Waals surface area contributed by atoms with Crippen LogP contribution in [-0.2, 0) is 13.0 Å². The summed E-state index contributed by atoms with van der Waals surface area (Å²) < 4.78 is 1.82. The van der Waals surface area contributed by atoms with E-state index in [4.69, 9.17) is 0 Å². The maximum absolute atomic E-state index is 11.0. The lowest BCUT2D eigenvalue weighted by atomic mass is 10.1. The van der Waals surface area contributed by atoms with E-state index >= 15 is 0 Å². The number of aromatic nitrogens is 2. The van der Waals surface area contributed by atoms with Gasteiger partial charge in [-0.15, -0.1) is 0 Å². The van der Waals surface area contributed by atoms with Crippen LogP contribution in [0.5, 0.6) is 0 Å². The zero-order valence-corrected chi connectivity index (χ0v) is 8.58. The molecule has 1 aliphatic heterocycles. The predicted octanol–water partition coefficient (Wildman–Crippen LogP) is 0.922. The van der Waals surface area contributed by atoms with Gasteiger partial charge in [0, 0.05) is 18.2 Å². The number of carbonyl (C=O) groups excluding carboxylic acids is 1. The molecule has 0 unspecified atom stereocenters. The van der Waals surface area contributed by atoms with E-state index in [1.54, 1.807) is 0 Å². The molecule has 0 aliphatic carbocycles. The highest BCUT2D eigenvalue weighted by atomic mass is 16.1. The first-order chi connectivity index (χ1) is 6.74. The molecule has 0 atom stereocenters.